The van der Waals surface area contributed by atoms with Gasteiger partial charge in [-0.3, -0.25) is 0 Å². The molecule has 0 radical (unpaired) electrons. The summed E-state index contributed by atoms with van der Waals surface area (Å²) in [5.74, 6) is 0. The van der Waals surface area contributed by atoms with Gasteiger partial charge in [0.25, 0.3) is 0 Å². The second kappa shape index (κ2) is 12.2. The van der Waals surface area contributed by atoms with Crippen LogP contribution >= 0.6 is 7.82 Å². The number of rotatable bonds is 0. The van der Waals surface area contributed by atoms with E-state index in [0.717, 1.165) is 0 Å². The van der Waals surface area contributed by atoms with Gasteiger partial charge in [-0.05, 0) is 0 Å². The quantitative estimate of drug-likeness (QED) is 0.276. The molecule has 0 heterocycles. The molecule has 0 atom stereocenters. The number of halogens is 2. The smallest absolute Gasteiger partial charge is 1.00 e. The molecule has 0 aliphatic heterocycles. The third kappa shape index (κ3) is 237. The first-order chi connectivity index (χ1) is 2.00. The molecular formula is HAlF2NaO4P. The summed E-state index contributed by atoms with van der Waals surface area (Å²) >= 11 is 0. The fourth-order valence-electron chi connectivity index (χ4n) is 0. The molecule has 0 aromatic heterocycles. The largest absolute Gasteiger partial charge is 3.00 e. The Hall–Kier alpha value is 1.50. The molecule has 0 amide bonds. The summed E-state index contributed by atoms with van der Waals surface area (Å²) in [6, 6.07) is 0. The maximum atomic E-state index is 8.55. The zero-order valence-corrected chi connectivity index (χ0v) is 8.46. The van der Waals surface area contributed by atoms with Crippen molar-refractivity contribution in [1.82, 2.24) is 0 Å². The van der Waals surface area contributed by atoms with Crippen LogP contribution in [0, 0.1) is 0 Å². The summed E-state index contributed by atoms with van der Waals surface area (Å²) in [4.78, 5) is 25.6. The predicted octanol–water partition coefficient (Wildman–Crippen LogP) is -12.1. The Kier molecular flexibility index (Phi) is 42.5. The van der Waals surface area contributed by atoms with Gasteiger partial charge >= 0.3 is 48.3 Å². The second-order valence-electron chi connectivity index (χ2n) is 0.447. The molecule has 0 spiro atoms. The van der Waals surface area contributed by atoms with Crippen LogP contribution in [0.1, 0.15) is 1.43 Å². The van der Waals surface area contributed by atoms with Gasteiger partial charge in [-0.25, -0.2) is 0 Å². The van der Waals surface area contributed by atoms with Crippen LogP contribution in [0.3, 0.4) is 0 Å². The van der Waals surface area contributed by atoms with Crippen molar-refractivity contribution in [1.29, 1.82) is 0 Å². The minimum atomic E-state index is -5.39. The molecule has 9 heavy (non-hydrogen) atoms. The van der Waals surface area contributed by atoms with Gasteiger partial charge in [0.2, 0.25) is 0 Å². The zero-order chi connectivity index (χ0) is 4.50. The zero-order valence-electron chi connectivity index (χ0n) is 5.41. The molecule has 0 aromatic rings. The number of hydrogen-bond donors (Lipinski definition) is 0. The van der Waals surface area contributed by atoms with Crippen LogP contribution in [0.4, 0.5) is 0 Å². The summed E-state index contributed by atoms with van der Waals surface area (Å²) in [5, 5.41) is 0. The third-order valence-corrected chi connectivity index (χ3v) is 0. The van der Waals surface area contributed by atoms with Crippen LogP contribution in [0.2, 0.25) is 0 Å². The van der Waals surface area contributed by atoms with E-state index in [2.05, 4.69) is 0 Å². The molecule has 0 fully saturated rings. The summed E-state index contributed by atoms with van der Waals surface area (Å²) in [5.41, 5.74) is 0. The Bertz CT molecular complexity index is 69.4. The van der Waals surface area contributed by atoms with Crippen LogP contribution in [0.25, 0.3) is 0 Å². The van der Waals surface area contributed by atoms with Crippen molar-refractivity contribution in [2.75, 3.05) is 0 Å². The van der Waals surface area contributed by atoms with Gasteiger partial charge < -0.3 is 28.7 Å². The first-order valence-corrected chi connectivity index (χ1v) is 2.19. The minimum absolute atomic E-state index is 0. The summed E-state index contributed by atoms with van der Waals surface area (Å²) in [7, 11) is -5.39. The molecule has 0 saturated heterocycles. The van der Waals surface area contributed by atoms with Crippen molar-refractivity contribution in [2.45, 2.75) is 0 Å². The van der Waals surface area contributed by atoms with E-state index in [1.807, 2.05) is 0 Å². The van der Waals surface area contributed by atoms with Crippen LogP contribution in [0.5, 0.6) is 0 Å². The Morgan fingerprint density at radius 2 is 1.11 bits per heavy atom. The monoisotopic (exact) mass is 184 g/mol. The van der Waals surface area contributed by atoms with Gasteiger partial charge in [-0.2, -0.15) is 7.82 Å². The molecule has 0 bridgehead atoms. The number of hydrogen-bond acceptors (Lipinski definition) is 4. The summed E-state index contributed by atoms with van der Waals surface area (Å²) < 4.78 is 8.55. The fourth-order valence-corrected chi connectivity index (χ4v) is 0. The van der Waals surface area contributed by atoms with Crippen molar-refractivity contribution in [3.63, 3.8) is 0 Å². The first-order valence-electron chi connectivity index (χ1n) is 0.730. The normalized spacial score (nSPS) is 6.56. The van der Waals surface area contributed by atoms with Crippen molar-refractivity contribution in [2.24, 2.45) is 0 Å². The molecule has 0 rings (SSSR count). The molecule has 0 unspecified atom stereocenters. The van der Waals surface area contributed by atoms with E-state index in [1.54, 1.807) is 0 Å². The second-order valence-corrected chi connectivity index (χ2v) is 1.34. The maximum Gasteiger partial charge on any atom is 3.00 e. The van der Waals surface area contributed by atoms with Crippen molar-refractivity contribution < 1.29 is 59.6 Å². The molecule has 0 N–H and O–H groups in total. The Balaban J connectivity index is -0.00000000800. The topological polar surface area (TPSA) is 86.2 Å². The molecule has 9 heteroatoms. The van der Waals surface area contributed by atoms with E-state index in [9.17, 15) is 0 Å². The van der Waals surface area contributed by atoms with Crippen LogP contribution < -0.4 is 53.6 Å². The molecule has 48 valence electrons. The minimum Gasteiger partial charge on any atom is -1.00 e. The van der Waals surface area contributed by atoms with E-state index >= 15 is 0 Å². The maximum absolute atomic E-state index is 8.55. The van der Waals surface area contributed by atoms with Gasteiger partial charge in [-0.1, -0.05) is 0 Å². The van der Waals surface area contributed by atoms with Gasteiger partial charge in [-0.15, -0.1) is 0 Å². The average Bonchev–Trinajstić information content (AvgIpc) is 0.722. The first kappa shape index (κ1) is 31.3. The predicted molar refractivity (Wildman–Crippen MR) is 14.5 cm³/mol. The van der Waals surface area contributed by atoms with Crippen molar-refractivity contribution in [3.8, 4) is 0 Å². The van der Waals surface area contributed by atoms with E-state index in [-0.39, 0.29) is 57.8 Å². The SMILES string of the molecule is O=P([O-])([O-])[O-].[Al+3].[F-].[F-].[H+].[Na+]. The van der Waals surface area contributed by atoms with Crippen LogP contribution in [0.15, 0.2) is 0 Å². The van der Waals surface area contributed by atoms with Crippen molar-refractivity contribution in [3.05, 3.63) is 0 Å². The molecule has 4 nitrogen and oxygen atoms in total. The fraction of sp³-hybridized carbons (Fsp3) is 0. The molecule has 0 saturated carbocycles. The van der Waals surface area contributed by atoms with Gasteiger partial charge in [0.05, 0.1) is 0 Å². The van der Waals surface area contributed by atoms with E-state index in [4.69, 9.17) is 19.2 Å². The Labute approximate surface area is 84.5 Å². The average molecular weight is 184 g/mol. The van der Waals surface area contributed by atoms with Crippen LogP contribution in [-0.4, -0.2) is 17.4 Å². The molecule has 0 aliphatic carbocycles. The molecule has 0 aromatic carbocycles. The van der Waals surface area contributed by atoms with E-state index < -0.39 is 7.82 Å². The standard InChI is InChI=1S/Al.2FH.Na.H3O4P/c;;;;1-5(2,3)4/h;2*1H;;(H3,1,2,3,4)/q+3;;;+1;/p-4. The van der Waals surface area contributed by atoms with E-state index in [0.29, 0.717) is 0 Å². The van der Waals surface area contributed by atoms with Crippen LogP contribution in [-0.2, 0) is 4.57 Å². The summed E-state index contributed by atoms with van der Waals surface area (Å²) in [6.45, 7) is 0. The Morgan fingerprint density at radius 3 is 1.11 bits per heavy atom. The van der Waals surface area contributed by atoms with Gasteiger partial charge in [0.15, 0.2) is 0 Å². The number of phosphoric acid groups is 1. The third-order valence-electron chi connectivity index (χ3n) is 0. The van der Waals surface area contributed by atoms with E-state index in [1.165, 1.54) is 0 Å². The molecular weight excluding hydrogens is 183 g/mol. The van der Waals surface area contributed by atoms with Gasteiger partial charge in [0, 0.05) is 0 Å². The molecule has 0 aliphatic rings. The summed E-state index contributed by atoms with van der Waals surface area (Å²) in [6.07, 6.45) is 0. The Morgan fingerprint density at radius 1 is 1.11 bits per heavy atom. The van der Waals surface area contributed by atoms with Crippen molar-refractivity contribution >= 4 is 25.2 Å². The van der Waals surface area contributed by atoms with Gasteiger partial charge in [0.1, 0.15) is 0 Å².